The fourth-order valence-corrected chi connectivity index (χ4v) is 3.98. The highest BCUT2D eigenvalue weighted by Gasteiger charge is 2.43. The average molecular weight is 414 g/mol. The molecule has 3 atom stereocenters. The Kier molecular flexibility index (Phi) is 4.87. The summed E-state index contributed by atoms with van der Waals surface area (Å²) in [7, 11) is 1.61. The quantitative estimate of drug-likeness (QED) is 0.678. The Morgan fingerprint density at radius 3 is 2.90 bits per heavy atom. The van der Waals surface area contributed by atoms with E-state index in [2.05, 4.69) is 15.3 Å². The van der Waals surface area contributed by atoms with Gasteiger partial charge in [0.1, 0.15) is 18.2 Å². The standard InChI is InChI=1S/C21H20ClN3O4/c1-26-17-8-12-15(9-18(17)29-19-10-28-16-6-7-27-20(16)19)23-11-24-21(12)25-14-5-3-2-4-13(14)22/h2-5,8-9,11,16,19-20H,6-7,10H2,1H3,(H,23,24,25)/t16?,19-,20?/m1/s1. The van der Waals surface area contributed by atoms with Crippen LogP contribution in [0.25, 0.3) is 10.9 Å². The van der Waals surface area contributed by atoms with Crippen LogP contribution in [0.4, 0.5) is 11.5 Å². The molecule has 8 heteroatoms. The molecule has 0 amide bonds. The lowest BCUT2D eigenvalue weighted by molar-refractivity contribution is 0.0298. The minimum Gasteiger partial charge on any atom is -0.493 e. The first-order valence-electron chi connectivity index (χ1n) is 9.47. The van der Waals surface area contributed by atoms with Gasteiger partial charge < -0.3 is 24.3 Å². The van der Waals surface area contributed by atoms with Crippen molar-refractivity contribution >= 4 is 34.0 Å². The van der Waals surface area contributed by atoms with Crippen molar-refractivity contribution in [1.29, 1.82) is 0 Å². The molecule has 3 heterocycles. The number of halogens is 1. The molecule has 1 N–H and O–H groups in total. The maximum Gasteiger partial charge on any atom is 0.164 e. The number of aromatic nitrogens is 2. The number of anilines is 2. The molecule has 2 aromatic carbocycles. The van der Waals surface area contributed by atoms with Crippen molar-refractivity contribution in [1.82, 2.24) is 9.97 Å². The number of methoxy groups -OCH3 is 1. The van der Waals surface area contributed by atoms with Gasteiger partial charge in [-0.3, -0.25) is 0 Å². The first-order valence-corrected chi connectivity index (χ1v) is 9.85. The summed E-state index contributed by atoms with van der Waals surface area (Å²) in [6.45, 7) is 1.20. The highest BCUT2D eigenvalue weighted by molar-refractivity contribution is 6.33. The lowest BCUT2D eigenvalue weighted by Gasteiger charge is -2.20. The van der Waals surface area contributed by atoms with Gasteiger partial charge in [0.15, 0.2) is 17.6 Å². The third-order valence-corrected chi connectivity index (χ3v) is 5.58. The Labute approximate surface area is 172 Å². The lowest BCUT2D eigenvalue weighted by Crippen LogP contribution is -2.32. The molecule has 0 spiro atoms. The van der Waals surface area contributed by atoms with Crippen molar-refractivity contribution in [2.45, 2.75) is 24.7 Å². The minimum atomic E-state index is -0.170. The maximum atomic E-state index is 6.27. The van der Waals surface area contributed by atoms with Gasteiger partial charge in [-0.15, -0.1) is 0 Å². The molecule has 0 bridgehead atoms. The molecule has 1 aromatic heterocycles. The van der Waals surface area contributed by atoms with Crippen LogP contribution in [-0.2, 0) is 9.47 Å². The Hall–Kier alpha value is -2.61. The van der Waals surface area contributed by atoms with E-state index in [4.69, 9.17) is 30.5 Å². The van der Waals surface area contributed by atoms with Crippen LogP contribution in [0.15, 0.2) is 42.7 Å². The molecule has 0 aliphatic carbocycles. The number of hydrogen-bond acceptors (Lipinski definition) is 7. The number of rotatable bonds is 5. The first-order chi connectivity index (χ1) is 14.2. The van der Waals surface area contributed by atoms with Gasteiger partial charge in [-0.1, -0.05) is 23.7 Å². The molecular weight excluding hydrogens is 394 g/mol. The third-order valence-electron chi connectivity index (χ3n) is 5.25. The number of nitrogens with one attached hydrogen (secondary N) is 1. The van der Waals surface area contributed by atoms with E-state index in [0.29, 0.717) is 35.6 Å². The average Bonchev–Trinajstić information content (AvgIpc) is 3.34. The molecule has 5 rings (SSSR count). The van der Waals surface area contributed by atoms with Crippen LogP contribution in [0.1, 0.15) is 6.42 Å². The van der Waals surface area contributed by atoms with Crippen molar-refractivity contribution in [3.05, 3.63) is 47.7 Å². The predicted molar refractivity (Wildman–Crippen MR) is 109 cm³/mol. The molecule has 0 saturated carbocycles. The van der Waals surface area contributed by atoms with Gasteiger partial charge in [-0.25, -0.2) is 9.97 Å². The molecule has 7 nitrogen and oxygen atoms in total. The van der Waals surface area contributed by atoms with Gasteiger partial charge in [0.2, 0.25) is 0 Å². The van der Waals surface area contributed by atoms with Crippen LogP contribution in [0.3, 0.4) is 0 Å². The Balaban J connectivity index is 1.48. The smallest absolute Gasteiger partial charge is 0.164 e. The molecule has 2 fully saturated rings. The largest absolute Gasteiger partial charge is 0.493 e. The van der Waals surface area contributed by atoms with Crippen molar-refractivity contribution in [2.75, 3.05) is 25.6 Å². The zero-order valence-corrected chi connectivity index (χ0v) is 16.6. The Bertz CT molecular complexity index is 1050. The van der Waals surface area contributed by atoms with Crippen LogP contribution < -0.4 is 14.8 Å². The van der Waals surface area contributed by atoms with Crippen molar-refractivity contribution < 1.29 is 18.9 Å². The van der Waals surface area contributed by atoms with Crippen molar-refractivity contribution in [2.24, 2.45) is 0 Å². The summed E-state index contributed by atoms with van der Waals surface area (Å²) < 4.78 is 23.4. The third kappa shape index (κ3) is 3.46. The fourth-order valence-electron chi connectivity index (χ4n) is 3.80. The van der Waals surface area contributed by atoms with E-state index in [0.717, 1.165) is 23.0 Å². The number of benzene rings is 2. The lowest BCUT2D eigenvalue weighted by atomic mass is 10.1. The first kappa shape index (κ1) is 18.4. The summed E-state index contributed by atoms with van der Waals surface area (Å²) in [6, 6.07) is 11.2. The van der Waals surface area contributed by atoms with Crippen molar-refractivity contribution in [3.8, 4) is 11.5 Å². The summed E-state index contributed by atoms with van der Waals surface area (Å²) in [5.41, 5.74) is 1.49. The highest BCUT2D eigenvalue weighted by atomic mass is 35.5. The second-order valence-corrected chi connectivity index (χ2v) is 7.41. The molecule has 29 heavy (non-hydrogen) atoms. The molecule has 2 saturated heterocycles. The van der Waals surface area contributed by atoms with E-state index in [1.54, 1.807) is 7.11 Å². The topological polar surface area (TPSA) is 74.7 Å². The van der Waals surface area contributed by atoms with Crippen LogP contribution in [0.5, 0.6) is 11.5 Å². The number of hydrogen-bond donors (Lipinski definition) is 1. The number of nitrogens with zero attached hydrogens (tertiary/aromatic N) is 2. The minimum absolute atomic E-state index is 0.0433. The normalized spacial score (nSPS) is 23.2. The van der Waals surface area contributed by atoms with Gasteiger partial charge in [-0.2, -0.15) is 0 Å². The second-order valence-electron chi connectivity index (χ2n) is 7.00. The molecule has 0 radical (unpaired) electrons. The monoisotopic (exact) mass is 413 g/mol. The van der Waals surface area contributed by atoms with E-state index < -0.39 is 0 Å². The van der Waals surface area contributed by atoms with Gasteiger partial charge in [0, 0.05) is 18.1 Å². The molecule has 150 valence electrons. The zero-order valence-electron chi connectivity index (χ0n) is 15.8. The van der Waals surface area contributed by atoms with E-state index in [-0.39, 0.29) is 18.3 Å². The van der Waals surface area contributed by atoms with Crippen LogP contribution >= 0.6 is 11.6 Å². The summed E-state index contributed by atoms with van der Waals surface area (Å²) in [6.07, 6.45) is 2.31. The van der Waals surface area contributed by atoms with E-state index in [1.807, 2.05) is 36.4 Å². The second kappa shape index (κ2) is 7.67. The molecule has 2 aliphatic rings. The van der Waals surface area contributed by atoms with Gasteiger partial charge >= 0.3 is 0 Å². The van der Waals surface area contributed by atoms with Gasteiger partial charge in [0.25, 0.3) is 0 Å². The Morgan fingerprint density at radius 1 is 1.14 bits per heavy atom. The van der Waals surface area contributed by atoms with Crippen molar-refractivity contribution in [3.63, 3.8) is 0 Å². The number of ether oxygens (including phenoxy) is 4. The maximum absolute atomic E-state index is 6.27. The summed E-state index contributed by atoms with van der Waals surface area (Å²) in [4.78, 5) is 8.78. The summed E-state index contributed by atoms with van der Waals surface area (Å²) in [5.74, 6) is 1.83. The number of para-hydroxylation sites is 1. The van der Waals surface area contributed by atoms with E-state index in [9.17, 15) is 0 Å². The highest BCUT2D eigenvalue weighted by Crippen LogP contribution is 2.38. The summed E-state index contributed by atoms with van der Waals surface area (Å²) >= 11 is 6.27. The van der Waals surface area contributed by atoms with Gasteiger partial charge in [-0.05, 0) is 24.6 Å². The zero-order chi connectivity index (χ0) is 19.8. The summed E-state index contributed by atoms with van der Waals surface area (Å²) in [5, 5.41) is 4.68. The Morgan fingerprint density at radius 2 is 2.03 bits per heavy atom. The predicted octanol–water partition coefficient (Wildman–Crippen LogP) is 3.97. The number of fused-ring (bicyclic) bond motifs is 2. The van der Waals surface area contributed by atoms with Crippen LogP contribution in [0, 0.1) is 0 Å². The van der Waals surface area contributed by atoms with E-state index in [1.165, 1.54) is 6.33 Å². The SMILES string of the molecule is COc1cc2c(Nc3ccccc3Cl)ncnc2cc1O[C@@H]1COC2CCOC21. The van der Waals surface area contributed by atoms with Crippen LogP contribution in [-0.4, -0.2) is 48.6 Å². The van der Waals surface area contributed by atoms with Crippen LogP contribution in [0.2, 0.25) is 5.02 Å². The molecular formula is C21H20ClN3O4. The van der Waals surface area contributed by atoms with Gasteiger partial charge in [0.05, 0.1) is 36.0 Å². The van der Waals surface area contributed by atoms with E-state index >= 15 is 0 Å². The molecule has 3 aromatic rings. The molecule has 2 aliphatic heterocycles. The fraction of sp³-hybridized carbons (Fsp3) is 0.333. The molecule has 2 unspecified atom stereocenters.